The maximum absolute atomic E-state index is 12.4. The van der Waals surface area contributed by atoms with E-state index in [1.807, 2.05) is 13.8 Å². The Balaban J connectivity index is 2.18. The number of carbonyl (C=O) groups excluding carboxylic acids is 1. The van der Waals surface area contributed by atoms with E-state index in [0.29, 0.717) is 24.1 Å². The molecule has 2 aromatic heterocycles. The molecule has 0 saturated heterocycles. The Bertz CT molecular complexity index is 805. The Labute approximate surface area is 141 Å². The number of nitrogens with zero attached hydrogens (tertiary/aromatic N) is 3. The number of hydrogen-bond acceptors (Lipinski definition) is 5. The van der Waals surface area contributed by atoms with Gasteiger partial charge in [-0.25, -0.2) is 0 Å². The zero-order valence-electron chi connectivity index (χ0n) is 15.0. The molecule has 1 amide bonds. The normalized spacial score (nSPS) is 12.5. The average molecular weight is 332 g/mol. The van der Waals surface area contributed by atoms with Crippen molar-refractivity contribution in [3.05, 3.63) is 45.0 Å². The number of aryl methyl sites for hydroxylation is 1. The summed E-state index contributed by atoms with van der Waals surface area (Å²) in [7, 11) is 1.65. The first-order chi connectivity index (χ1) is 11.2. The average Bonchev–Trinajstić information content (AvgIpc) is 2.96. The molecule has 2 rings (SSSR count). The van der Waals surface area contributed by atoms with Crippen LogP contribution in [-0.2, 0) is 13.5 Å². The van der Waals surface area contributed by atoms with Gasteiger partial charge in [0.2, 0.25) is 5.89 Å². The topological polar surface area (TPSA) is 90.0 Å². The molecule has 0 radical (unpaired) electrons. The predicted molar refractivity (Wildman–Crippen MR) is 89.9 cm³/mol. The minimum Gasteiger partial charge on any atom is -0.340 e. The third-order valence-electron chi connectivity index (χ3n) is 4.01. The highest BCUT2D eigenvalue weighted by Gasteiger charge is 2.20. The van der Waals surface area contributed by atoms with Crippen LogP contribution >= 0.6 is 0 Å². The minimum atomic E-state index is -0.475. The zero-order valence-corrected chi connectivity index (χ0v) is 15.0. The van der Waals surface area contributed by atoms with E-state index >= 15 is 0 Å². The molecule has 7 heteroatoms. The summed E-state index contributed by atoms with van der Waals surface area (Å²) in [6.45, 7) is 9.59. The maximum atomic E-state index is 12.4. The first-order valence-electron chi connectivity index (χ1n) is 8.01. The van der Waals surface area contributed by atoms with E-state index in [4.69, 9.17) is 4.52 Å². The van der Waals surface area contributed by atoms with Gasteiger partial charge in [0.05, 0.1) is 0 Å². The summed E-state index contributed by atoms with van der Waals surface area (Å²) >= 11 is 0. The second-order valence-electron chi connectivity index (χ2n) is 6.53. The smallest absolute Gasteiger partial charge is 0.263 e. The van der Waals surface area contributed by atoms with Gasteiger partial charge in [-0.3, -0.25) is 9.59 Å². The molecule has 0 aromatic carbocycles. The van der Waals surface area contributed by atoms with E-state index in [1.54, 1.807) is 20.0 Å². The van der Waals surface area contributed by atoms with Crippen LogP contribution in [0.15, 0.2) is 15.4 Å². The molecular weight excluding hydrogens is 308 g/mol. The third kappa shape index (κ3) is 3.72. The number of rotatable bonds is 5. The highest BCUT2D eigenvalue weighted by atomic mass is 16.5. The quantitative estimate of drug-likeness (QED) is 0.905. The number of carbonyl (C=O) groups is 1. The van der Waals surface area contributed by atoms with E-state index < -0.39 is 11.9 Å². The molecule has 0 saturated carbocycles. The molecule has 24 heavy (non-hydrogen) atoms. The van der Waals surface area contributed by atoms with Crippen LogP contribution in [0, 0.1) is 19.8 Å². The van der Waals surface area contributed by atoms with Crippen LogP contribution in [0.2, 0.25) is 0 Å². The Morgan fingerprint density at radius 2 is 2.00 bits per heavy atom. The van der Waals surface area contributed by atoms with E-state index in [1.165, 1.54) is 4.57 Å². The zero-order chi connectivity index (χ0) is 18.0. The summed E-state index contributed by atoms with van der Waals surface area (Å²) in [5.41, 5.74) is 1.50. The van der Waals surface area contributed by atoms with Crippen LogP contribution in [0.1, 0.15) is 60.1 Å². The largest absolute Gasteiger partial charge is 0.340 e. The highest BCUT2D eigenvalue weighted by Crippen LogP contribution is 2.13. The van der Waals surface area contributed by atoms with Crippen LogP contribution in [0.3, 0.4) is 0 Å². The van der Waals surface area contributed by atoms with Crippen molar-refractivity contribution in [1.29, 1.82) is 0 Å². The van der Waals surface area contributed by atoms with Crippen molar-refractivity contribution in [2.24, 2.45) is 13.0 Å². The van der Waals surface area contributed by atoms with Crippen LogP contribution < -0.4 is 10.9 Å². The molecule has 130 valence electrons. The van der Waals surface area contributed by atoms with Gasteiger partial charge in [0.15, 0.2) is 5.82 Å². The molecule has 0 aliphatic heterocycles. The Kier molecular flexibility index (Phi) is 5.21. The molecule has 2 heterocycles. The van der Waals surface area contributed by atoms with E-state index in [2.05, 4.69) is 29.3 Å². The van der Waals surface area contributed by atoms with Crippen molar-refractivity contribution < 1.29 is 9.32 Å². The lowest BCUT2D eigenvalue weighted by atomic mass is 10.1. The molecule has 0 aliphatic rings. The van der Waals surface area contributed by atoms with Crippen LogP contribution in [0.25, 0.3) is 0 Å². The monoisotopic (exact) mass is 332 g/mol. The second kappa shape index (κ2) is 6.98. The molecular formula is C17H24N4O3. The molecule has 1 unspecified atom stereocenters. The van der Waals surface area contributed by atoms with Gasteiger partial charge in [0, 0.05) is 19.2 Å². The molecule has 0 fully saturated rings. The van der Waals surface area contributed by atoms with E-state index in [-0.39, 0.29) is 11.1 Å². The standard InChI is InChI=1S/C17H24N4O3/c1-9(2)7-14-19-16(24-20-14)11(4)18-15(22)13-8-10(3)12(5)21(6)17(13)23/h8-9,11H,7H2,1-6H3,(H,18,22). The van der Waals surface area contributed by atoms with Crippen molar-refractivity contribution in [3.63, 3.8) is 0 Å². The molecule has 2 aromatic rings. The van der Waals surface area contributed by atoms with Gasteiger partial charge in [-0.2, -0.15) is 4.98 Å². The van der Waals surface area contributed by atoms with E-state index in [9.17, 15) is 9.59 Å². The first kappa shape index (κ1) is 17.9. The maximum Gasteiger partial charge on any atom is 0.263 e. The summed E-state index contributed by atoms with van der Waals surface area (Å²) < 4.78 is 6.68. The van der Waals surface area contributed by atoms with Gasteiger partial charge in [-0.1, -0.05) is 19.0 Å². The van der Waals surface area contributed by atoms with Gasteiger partial charge in [0.25, 0.3) is 11.5 Å². The SMILES string of the molecule is Cc1cc(C(=O)NC(C)c2nc(CC(C)C)no2)c(=O)n(C)c1C. The molecule has 0 aliphatic carbocycles. The van der Waals surface area contributed by atoms with E-state index in [0.717, 1.165) is 11.3 Å². The number of nitrogens with one attached hydrogen (secondary N) is 1. The van der Waals surface area contributed by atoms with Crippen molar-refractivity contribution in [3.8, 4) is 0 Å². The Morgan fingerprint density at radius 3 is 2.62 bits per heavy atom. The lowest BCUT2D eigenvalue weighted by molar-refractivity contribution is 0.0930. The molecule has 1 atom stereocenters. The Morgan fingerprint density at radius 1 is 1.33 bits per heavy atom. The van der Waals surface area contributed by atoms with Gasteiger partial charge in [-0.15, -0.1) is 0 Å². The van der Waals surface area contributed by atoms with Crippen molar-refractivity contribution in [2.45, 2.75) is 47.1 Å². The first-order valence-corrected chi connectivity index (χ1v) is 8.01. The number of aromatic nitrogens is 3. The van der Waals surface area contributed by atoms with Gasteiger partial charge in [-0.05, 0) is 38.3 Å². The predicted octanol–water partition coefficient (Wildman–Crippen LogP) is 2.07. The summed E-state index contributed by atoms with van der Waals surface area (Å²) in [6.07, 6.45) is 0.710. The van der Waals surface area contributed by atoms with Gasteiger partial charge >= 0.3 is 0 Å². The van der Waals surface area contributed by atoms with Crippen molar-refractivity contribution in [2.75, 3.05) is 0 Å². The second-order valence-corrected chi connectivity index (χ2v) is 6.53. The van der Waals surface area contributed by atoms with Gasteiger partial charge in [0.1, 0.15) is 11.6 Å². The summed E-state index contributed by atoms with van der Waals surface area (Å²) in [4.78, 5) is 29.0. The van der Waals surface area contributed by atoms with Crippen molar-refractivity contribution >= 4 is 5.91 Å². The van der Waals surface area contributed by atoms with Crippen LogP contribution in [0.5, 0.6) is 0 Å². The Hall–Kier alpha value is -2.44. The molecule has 1 N–H and O–H groups in total. The van der Waals surface area contributed by atoms with Gasteiger partial charge < -0.3 is 14.4 Å². The fraction of sp³-hybridized carbons (Fsp3) is 0.529. The third-order valence-corrected chi connectivity index (χ3v) is 4.01. The number of amides is 1. The molecule has 7 nitrogen and oxygen atoms in total. The number of hydrogen-bond donors (Lipinski definition) is 1. The van der Waals surface area contributed by atoms with Crippen LogP contribution in [-0.4, -0.2) is 20.6 Å². The van der Waals surface area contributed by atoms with Crippen molar-refractivity contribution in [1.82, 2.24) is 20.0 Å². The summed E-state index contributed by atoms with van der Waals surface area (Å²) in [5.74, 6) is 0.913. The fourth-order valence-electron chi connectivity index (χ4n) is 2.37. The lowest BCUT2D eigenvalue weighted by Crippen LogP contribution is -2.34. The molecule has 0 spiro atoms. The minimum absolute atomic E-state index is 0.106. The summed E-state index contributed by atoms with van der Waals surface area (Å²) in [5, 5.41) is 6.66. The fourth-order valence-corrected chi connectivity index (χ4v) is 2.37. The van der Waals surface area contributed by atoms with Crippen LogP contribution in [0.4, 0.5) is 0 Å². The summed E-state index contributed by atoms with van der Waals surface area (Å²) in [6, 6.07) is 1.13. The number of pyridine rings is 1. The molecule has 0 bridgehead atoms. The lowest BCUT2D eigenvalue weighted by Gasteiger charge is -2.12. The highest BCUT2D eigenvalue weighted by molar-refractivity contribution is 5.94.